The molecule has 5 nitrogen and oxygen atoms in total. The highest BCUT2D eigenvalue weighted by Gasteiger charge is 2.14. The molecule has 2 aromatic carbocycles. The third-order valence-corrected chi connectivity index (χ3v) is 3.62. The van der Waals surface area contributed by atoms with E-state index in [4.69, 9.17) is 11.0 Å². The highest BCUT2D eigenvalue weighted by atomic mass is 79.9. The van der Waals surface area contributed by atoms with E-state index in [1.54, 1.807) is 41.0 Å². The van der Waals surface area contributed by atoms with Crippen LogP contribution in [0.1, 0.15) is 11.1 Å². The van der Waals surface area contributed by atoms with Crippen LogP contribution in [0.25, 0.3) is 16.7 Å². The van der Waals surface area contributed by atoms with Crippen molar-refractivity contribution in [2.24, 2.45) is 0 Å². The first kappa shape index (κ1) is 13.2. The number of nitrogen functional groups attached to an aromatic ring is 1. The van der Waals surface area contributed by atoms with Gasteiger partial charge in [-0.15, -0.1) is 0 Å². The van der Waals surface area contributed by atoms with Gasteiger partial charge in [0.05, 0.1) is 33.9 Å². The van der Waals surface area contributed by atoms with E-state index in [0.717, 1.165) is 4.47 Å². The Morgan fingerprint density at radius 3 is 2.62 bits per heavy atom. The van der Waals surface area contributed by atoms with E-state index in [1.807, 2.05) is 0 Å². The summed E-state index contributed by atoms with van der Waals surface area (Å²) in [6, 6.07) is 14.7. The van der Waals surface area contributed by atoms with Crippen molar-refractivity contribution >= 4 is 32.9 Å². The topological polar surface area (TPSA) is 91.4 Å². The lowest BCUT2D eigenvalue weighted by Gasteiger charge is -2.09. The first-order valence-electron chi connectivity index (χ1n) is 6.02. The number of rotatable bonds is 1. The second kappa shape index (κ2) is 4.93. The normalized spacial score (nSPS) is 10.2. The van der Waals surface area contributed by atoms with Gasteiger partial charge in [0, 0.05) is 4.47 Å². The van der Waals surface area contributed by atoms with Crippen molar-refractivity contribution in [3.8, 4) is 17.8 Å². The van der Waals surface area contributed by atoms with Gasteiger partial charge in [-0.3, -0.25) is 4.57 Å². The Hall–Kier alpha value is -2.83. The van der Waals surface area contributed by atoms with Crippen molar-refractivity contribution < 1.29 is 0 Å². The summed E-state index contributed by atoms with van der Waals surface area (Å²) < 4.78 is 2.51. The zero-order valence-corrected chi connectivity index (χ0v) is 12.3. The second-order valence-corrected chi connectivity index (χ2v) is 5.31. The Morgan fingerprint density at radius 2 is 1.90 bits per heavy atom. The molecule has 0 aliphatic heterocycles. The van der Waals surface area contributed by atoms with Crippen LogP contribution < -0.4 is 5.73 Å². The van der Waals surface area contributed by atoms with E-state index >= 15 is 0 Å². The standard InChI is InChI=1S/C15H8BrN5/c16-11-3-2-10(8-18)13(6-11)21-14-5-9(7-17)1-4-12(14)20-15(21)19/h1-6H,(H2,19,20). The van der Waals surface area contributed by atoms with Crippen molar-refractivity contribution in [1.82, 2.24) is 9.55 Å². The summed E-state index contributed by atoms with van der Waals surface area (Å²) in [4.78, 5) is 4.28. The molecule has 3 rings (SSSR count). The number of nitrogens with two attached hydrogens (primary N) is 1. The van der Waals surface area contributed by atoms with Crippen LogP contribution >= 0.6 is 15.9 Å². The van der Waals surface area contributed by atoms with Gasteiger partial charge in [-0.2, -0.15) is 10.5 Å². The minimum Gasteiger partial charge on any atom is -0.369 e. The monoisotopic (exact) mass is 337 g/mol. The smallest absolute Gasteiger partial charge is 0.205 e. The first-order chi connectivity index (χ1) is 10.1. The number of fused-ring (bicyclic) bond motifs is 1. The Morgan fingerprint density at radius 1 is 1.10 bits per heavy atom. The molecule has 0 amide bonds. The van der Waals surface area contributed by atoms with Crippen molar-refractivity contribution in [3.05, 3.63) is 52.0 Å². The average molecular weight is 338 g/mol. The molecular weight excluding hydrogens is 330 g/mol. The molecule has 0 spiro atoms. The van der Waals surface area contributed by atoms with Gasteiger partial charge in [-0.25, -0.2) is 4.98 Å². The number of anilines is 1. The number of aromatic nitrogens is 2. The Bertz CT molecular complexity index is 943. The highest BCUT2D eigenvalue weighted by Crippen LogP contribution is 2.28. The Kier molecular flexibility index (Phi) is 3.09. The van der Waals surface area contributed by atoms with Gasteiger partial charge in [0.2, 0.25) is 5.95 Å². The molecule has 3 aromatic rings. The zero-order valence-electron chi connectivity index (χ0n) is 10.7. The van der Waals surface area contributed by atoms with Gasteiger partial charge in [-0.05, 0) is 36.4 Å². The number of imidazole rings is 1. The summed E-state index contributed by atoms with van der Waals surface area (Å²) in [6.45, 7) is 0. The van der Waals surface area contributed by atoms with Crippen LogP contribution in [0.3, 0.4) is 0 Å². The summed E-state index contributed by atoms with van der Waals surface area (Å²) in [5, 5.41) is 18.3. The van der Waals surface area contributed by atoms with Crippen LogP contribution in [0.15, 0.2) is 40.9 Å². The maximum atomic E-state index is 9.28. The molecule has 0 saturated heterocycles. The summed E-state index contributed by atoms with van der Waals surface area (Å²) in [5.41, 5.74) is 8.98. The lowest BCUT2D eigenvalue weighted by Crippen LogP contribution is -2.03. The fourth-order valence-corrected chi connectivity index (χ4v) is 2.55. The van der Waals surface area contributed by atoms with Crippen molar-refractivity contribution in [3.63, 3.8) is 0 Å². The van der Waals surface area contributed by atoms with E-state index in [-0.39, 0.29) is 5.95 Å². The van der Waals surface area contributed by atoms with Gasteiger partial charge in [0.25, 0.3) is 0 Å². The number of halogens is 1. The lowest BCUT2D eigenvalue weighted by atomic mass is 10.1. The van der Waals surface area contributed by atoms with Crippen molar-refractivity contribution in [2.75, 3.05) is 5.73 Å². The molecule has 0 aliphatic rings. The van der Waals surface area contributed by atoms with Gasteiger partial charge in [-0.1, -0.05) is 15.9 Å². The zero-order chi connectivity index (χ0) is 15.0. The summed E-state index contributed by atoms with van der Waals surface area (Å²) in [6.07, 6.45) is 0. The van der Waals surface area contributed by atoms with Crippen molar-refractivity contribution in [2.45, 2.75) is 0 Å². The summed E-state index contributed by atoms with van der Waals surface area (Å²) in [7, 11) is 0. The molecule has 2 N–H and O–H groups in total. The third kappa shape index (κ3) is 2.12. The predicted molar refractivity (Wildman–Crippen MR) is 82.6 cm³/mol. The number of hydrogen-bond acceptors (Lipinski definition) is 4. The maximum Gasteiger partial charge on any atom is 0.205 e. The first-order valence-corrected chi connectivity index (χ1v) is 6.81. The fourth-order valence-electron chi connectivity index (χ4n) is 2.20. The van der Waals surface area contributed by atoms with E-state index in [1.165, 1.54) is 0 Å². The molecule has 0 bridgehead atoms. The molecule has 100 valence electrons. The largest absolute Gasteiger partial charge is 0.369 e. The molecular formula is C15H8BrN5. The number of benzene rings is 2. The SMILES string of the molecule is N#Cc1ccc2nc(N)n(-c3cc(Br)ccc3C#N)c2c1. The summed E-state index contributed by atoms with van der Waals surface area (Å²) in [5.74, 6) is 0.273. The number of nitrogens with zero attached hydrogens (tertiary/aromatic N) is 4. The van der Waals surface area contributed by atoms with Crippen molar-refractivity contribution in [1.29, 1.82) is 10.5 Å². The Labute approximate surface area is 129 Å². The van der Waals surface area contributed by atoms with Gasteiger partial charge >= 0.3 is 0 Å². The molecule has 0 atom stereocenters. The van der Waals surface area contributed by atoms with Crippen LogP contribution in [0.5, 0.6) is 0 Å². The van der Waals surface area contributed by atoms with E-state index in [2.05, 4.69) is 33.1 Å². The minimum absolute atomic E-state index is 0.273. The average Bonchev–Trinajstić information content (AvgIpc) is 2.81. The van der Waals surface area contributed by atoms with Crippen LogP contribution in [-0.4, -0.2) is 9.55 Å². The molecule has 21 heavy (non-hydrogen) atoms. The third-order valence-electron chi connectivity index (χ3n) is 3.13. The predicted octanol–water partition coefficient (Wildman–Crippen LogP) is 3.11. The maximum absolute atomic E-state index is 9.28. The fraction of sp³-hybridized carbons (Fsp3) is 0. The molecule has 0 aliphatic carbocycles. The van der Waals surface area contributed by atoms with E-state index < -0.39 is 0 Å². The summed E-state index contributed by atoms with van der Waals surface area (Å²) >= 11 is 3.39. The van der Waals surface area contributed by atoms with Crippen LogP contribution in [0.4, 0.5) is 5.95 Å². The number of hydrogen-bond donors (Lipinski definition) is 1. The molecule has 0 radical (unpaired) electrons. The van der Waals surface area contributed by atoms with E-state index in [9.17, 15) is 5.26 Å². The molecule has 1 heterocycles. The van der Waals surface area contributed by atoms with Crippen LogP contribution in [-0.2, 0) is 0 Å². The quantitative estimate of drug-likeness (QED) is 0.738. The molecule has 0 fully saturated rings. The number of nitriles is 2. The van der Waals surface area contributed by atoms with Gasteiger partial charge in [0.15, 0.2) is 0 Å². The molecule has 0 unspecified atom stereocenters. The highest BCUT2D eigenvalue weighted by molar-refractivity contribution is 9.10. The van der Waals surface area contributed by atoms with E-state index in [0.29, 0.717) is 27.8 Å². The second-order valence-electron chi connectivity index (χ2n) is 4.39. The lowest BCUT2D eigenvalue weighted by molar-refractivity contribution is 1.10. The molecule has 0 saturated carbocycles. The minimum atomic E-state index is 0.273. The van der Waals surface area contributed by atoms with Gasteiger partial charge < -0.3 is 5.73 Å². The van der Waals surface area contributed by atoms with Gasteiger partial charge in [0.1, 0.15) is 6.07 Å². The molecule has 6 heteroatoms. The van der Waals surface area contributed by atoms with Crippen LogP contribution in [0, 0.1) is 22.7 Å². The van der Waals surface area contributed by atoms with Crippen LogP contribution in [0.2, 0.25) is 0 Å². The molecule has 1 aromatic heterocycles. The Balaban J connectivity index is 2.40.